The molecule has 32 heavy (non-hydrogen) atoms. The molecule has 1 amide bonds. The molecule has 2 heterocycles. The summed E-state index contributed by atoms with van der Waals surface area (Å²) in [5, 5.41) is 14.2. The molecule has 0 saturated carbocycles. The Hall–Kier alpha value is -2.83. The summed E-state index contributed by atoms with van der Waals surface area (Å²) < 4.78 is 5.48. The molecular formula is C25H25ClN2O4. The molecule has 1 saturated heterocycles. The number of nitrogens with zero attached hydrogens (tertiary/aromatic N) is 1. The van der Waals surface area contributed by atoms with E-state index in [-0.39, 0.29) is 23.2 Å². The fourth-order valence-electron chi connectivity index (χ4n) is 4.86. The van der Waals surface area contributed by atoms with Gasteiger partial charge in [-0.3, -0.25) is 9.69 Å². The Morgan fingerprint density at radius 1 is 1.12 bits per heavy atom. The number of amides is 1. The fourth-order valence-corrected chi connectivity index (χ4v) is 5.03. The zero-order chi connectivity index (χ0) is 22.2. The van der Waals surface area contributed by atoms with Crippen LogP contribution in [0.25, 0.3) is 11.0 Å². The third-order valence-electron chi connectivity index (χ3n) is 6.61. The number of halogens is 1. The molecule has 1 aliphatic carbocycles. The topological polar surface area (TPSA) is 82.8 Å². The van der Waals surface area contributed by atoms with Crippen LogP contribution in [0, 0.1) is 5.92 Å². The van der Waals surface area contributed by atoms with Crippen LogP contribution in [0.3, 0.4) is 0 Å². The van der Waals surface area contributed by atoms with E-state index < -0.39 is 0 Å². The Bertz CT molecular complexity index is 1240. The van der Waals surface area contributed by atoms with Crippen LogP contribution in [0.15, 0.2) is 45.6 Å². The summed E-state index contributed by atoms with van der Waals surface area (Å²) in [5.41, 5.74) is 4.31. The van der Waals surface area contributed by atoms with Crippen LogP contribution in [0.1, 0.15) is 36.0 Å². The number of likely N-dealkylation sites (tertiary alicyclic amines) is 1. The monoisotopic (exact) mass is 452 g/mol. The normalized spacial score (nSPS) is 16.9. The number of rotatable bonds is 4. The number of carbonyl (C=O) groups excluding carboxylic acids is 1. The highest BCUT2D eigenvalue weighted by atomic mass is 35.5. The Morgan fingerprint density at radius 3 is 2.66 bits per heavy atom. The number of hydrogen-bond acceptors (Lipinski definition) is 5. The largest absolute Gasteiger partial charge is 0.506 e. The van der Waals surface area contributed by atoms with Crippen molar-refractivity contribution < 1.29 is 14.3 Å². The molecule has 0 radical (unpaired) electrons. The van der Waals surface area contributed by atoms with Crippen molar-refractivity contribution >= 4 is 34.2 Å². The Labute approximate surface area is 190 Å². The van der Waals surface area contributed by atoms with E-state index in [1.807, 2.05) is 6.07 Å². The second-order valence-electron chi connectivity index (χ2n) is 8.76. The molecule has 2 aromatic carbocycles. The van der Waals surface area contributed by atoms with Crippen molar-refractivity contribution in [3.05, 3.63) is 68.5 Å². The van der Waals surface area contributed by atoms with Gasteiger partial charge in [-0.15, -0.1) is 0 Å². The van der Waals surface area contributed by atoms with Gasteiger partial charge >= 0.3 is 5.63 Å². The highest BCUT2D eigenvalue weighted by molar-refractivity contribution is 6.31. The standard InChI is InChI=1S/C25H25ClN2O4/c26-19-4-5-22(29)21(13-19)27-25(31)15-6-8-28(9-7-15)14-18-12-24(30)32-23-11-17-3-1-2-16(17)10-20(18)23/h4-5,10-13,15,29H,1-3,6-9,14H2,(H,27,31). The third-order valence-corrected chi connectivity index (χ3v) is 6.85. The molecule has 0 spiro atoms. The van der Waals surface area contributed by atoms with Gasteiger partial charge < -0.3 is 14.8 Å². The van der Waals surface area contributed by atoms with Crippen molar-refractivity contribution in [1.82, 2.24) is 4.90 Å². The minimum Gasteiger partial charge on any atom is -0.506 e. The maximum atomic E-state index is 12.7. The van der Waals surface area contributed by atoms with Gasteiger partial charge in [0.1, 0.15) is 11.3 Å². The van der Waals surface area contributed by atoms with Crippen molar-refractivity contribution in [1.29, 1.82) is 0 Å². The van der Waals surface area contributed by atoms with Crippen molar-refractivity contribution in [2.45, 2.75) is 38.6 Å². The van der Waals surface area contributed by atoms with Crippen LogP contribution in [-0.2, 0) is 24.2 Å². The molecule has 1 fully saturated rings. The molecule has 0 atom stereocenters. The van der Waals surface area contributed by atoms with Crippen LogP contribution in [0.2, 0.25) is 5.02 Å². The first-order valence-electron chi connectivity index (χ1n) is 11.1. The van der Waals surface area contributed by atoms with E-state index >= 15 is 0 Å². The summed E-state index contributed by atoms with van der Waals surface area (Å²) in [6.07, 6.45) is 4.69. The first-order chi connectivity index (χ1) is 15.5. The molecule has 2 aliphatic rings. The molecule has 0 bridgehead atoms. The molecule has 166 valence electrons. The lowest BCUT2D eigenvalue weighted by molar-refractivity contribution is -0.121. The van der Waals surface area contributed by atoms with Crippen LogP contribution in [-0.4, -0.2) is 29.0 Å². The number of hydrogen-bond donors (Lipinski definition) is 2. The minimum atomic E-state index is -0.318. The van der Waals surface area contributed by atoms with Gasteiger partial charge in [0, 0.05) is 28.9 Å². The van der Waals surface area contributed by atoms with Gasteiger partial charge in [0.15, 0.2) is 0 Å². The number of phenols is 1. The van der Waals surface area contributed by atoms with Gasteiger partial charge in [0.25, 0.3) is 0 Å². The lowest BCUT2D eigenvalue weighted by Gasteiger charge is -2.31. The lowest BCUT2D eigenvalue weighted by Crippen LogP contribution is -2.37. The number of carbonyl (C=O) groups is 1. The van der Waals surface area contributed by atoms with E-state index in [1.165, 1.54) is 17.2 Å². The fraction of sp³-hybridized carbons (Fsp3) is 0.360. The molecule has 7 heteroatoms. The van der Waals surface area contributed by atoms with Gasteiger partial charge in [-0.1, -0.05) is 11.6 Å². The number of benzene rings is 2. The second-order valence-corrected chi connectivity index (χ2v) is 9.20. The Kier molecular flexibility index (Phi) is 5.66. The molecular weight excluding hydrogens is 428 g/mol. The highest BCUT2D eigenvalue weighted by Gasteiger charge is 2.26. The summed E-state index contributed by atoms with van der Waals surface area (Å²) in [6, 6.07) is 10.4. The summed E-state index contributed by atoms with van der Waals surface area (Å²) in [4.78, 5) is 27.1. The zero-order valence-corrected chi connectivity index (χ0v) is 18.5. The predicted octanol–water partition coefficient (Wildman–Crippen LogP) is 4.49. The second kappa shape index (κ2) is 8.60. The maximum Gasteiger partial charge on any atom is 0.336 e. The smallest absolute Gasteiger partial charge is 0.336 e. The van der Waals surface area contributed by atoms with E-state index in [0.717, 1.165) is 43.3 Å². The molecule has 1 aromatic heterocycles. The number of piperidine rings is 1. The Balaban J connectivity index is 1.26. The van der Waals surface area contributed by atoms with Crippen molar-refractivity contribution in [2.24, 2.45) is 5.92 Å². The van der Waals surface area contributed by atoms with Crippen LogP contribution < -0.4 is 10.9 Å². The highest BCUT2D eigenvalue weighted by Crippen LogP contribution is 2.31. The zero-order valence-electron chi connectivity index (χ0n) is 17.7. The number of phenolic OH excluding ortho intramolecular Hbond substituents is 1. The van der Waals surface area contributed by atoms with Gasteiger partial charge in [-0.2, -0.15) is 0 Å². The van der Waals surface area contributed by atoms with E-state index in [9.17, 15) is 14.7 Å². The average molecular weight is 453 g/mol. The molecule has 1 aliphatic heterocycles. The van der Waals surface area contributed by atoms with Crippen LogP contribution in [0.4, 0.5) is 5.69 Å². The minimum absolute atomic E-state index is 0.00135. The van der Waals surface area contributed by atoms with Crippen molar-refractivity contribution in [2.75, 3.05) is 18.4 Å². The predicted molar refractivity (Wildman–Crippen MR) is 124 cm³/mol. The van der Waals surface area contributed by atoms with Crippen LogP contribution in [0.5, 0.6) is 5.75 Å². The van der Waals surface area contributed by atoms with Crippen molar-refractivity contribution in [3.63, 3.8) is 0 Å². The third kappa shape index (κ3) is 4.25. The first kappa shape index (κ1) is 21.0. The van der Waals surface area contributed by atoms with E-state index in [0.29, 0.717) is 35.7 Å². The van der Waals surface area contributed by atoms with Gasteiger partial charge in [0.2, 0.25) is 5.91 Å². The SMILES string of the molecule is O=C(Nc1cc(Cl)ccc1O)C1CCN(Cc2cc(=O)oc3cc4c(cc23)CCC4)CC1. The van der Waals surface area contributed by atoms with E-state index in [2.05, 4.69) is 16.3 Å². The van der Waals surface area contributed by atoms with Crippen molar-refractivity contribution in [3.8, 4) is 5.75 Å². The molecule has 5 rings (SSSR count). The maximum absolute atomic E-state index is 12.7. The summed E-state index contributed by atoms with van der Waals surface area (Å²) in [6.45, 7) is 2.17. The quantitative estimate of drug-likeness (QED) is 0.450. The molecule has 6 nitrogen and oxygen atoms in total. The summed E-state index contributed by atoms with van der Waals surface area (Å²) >= 11 is 5.97. The van der Waals surface area contributed by atoms with Gasteiger partial charge in [-0.25, -0.2) is 4.79 Å². The number of aryl methyl sites for hydroxylation is 2. The van der Waals surface area contributed by atoms with Gasteiger partial charge in [-0.05, 0) is 92.2 Å². The number of nitrogens with one attached hydrogen (secondary N) is 1. The number of fused-ring (bicyclic) bond motifs is 2. The number of aromatic hydroxyl groups is 1. The molecule has 0 unspecified atom stereocenters. The van der Waals surface area contributed by atoms with Crippen LogP contribution >= 0.6 is 11.6 Å². The summed E-state index contributed by atoms with van der Waals surface area (Å²) in [5.74, 6) is -0.240. The molecule has 2 N–H and O–H groups in total. The van der Waals surface area contributed by atoms with E-state index in [4.69, 9.17) is 16.0 Å². The Morgan fingerprint density at radius 2 is 1.88 bits per heavy atom. The number of anilines is 1. The van der Waals surface area contributed by atoms with E-state index in [1.54, 1.807) is 18.2 Å². The van der Waals surface area contributed by atoms with Gasteiger partial charge in [0.05, 0.1) is 5.69 Å². The molecule has 3 aromatic rings. The lowest BCUT2D eigenvalue weighted by atomic mass is 9.95. The summed E-state index contributed by atoms with van der Waals surface area (Å²) in [7, 11) is 0. The first-order valence-corrected chi connectivity index (χ1v) is 11.4. The average Bonchev–Trinajstić information content (AvgIpc) is 3.23.